The Bertz CT molecular complexity index is 1040. The molecule has 3 heterocycles. The second-order valence-corrected chi connectivity index (χ2v) is 5.82. The summed E-state index contributed by atoms with van der Waals surface area (Å²) in [4.78, 5) is 9.15. The first-order valence-electron chi connectivity index (χ1n) is 6.69. The summed E-state index contributed by atoms with van der Waals surface area (Å²) in [7, 11) is 0. The van der Waals surface area contributed by atoms with Crippen LogP contribution in [0.4, 0.5) is 0 Å². The van der Waals surface area contributed by atoms with Crippen molar-refractivity contribution in [3.63, 3.8) is 0 Å². The van der Waals surface area contributed by atoms with E-state index in [1.54, 1.807) is 18.3 Å². The quantitative estimate of drug-likeness (QED) is 0.518. The van der Waals surface area contributed by atoms with E-state index in [9.17, 15) is 0 Å². The molecule has 4 aromatic rings. The highest BCUT2D eigenvalue weighted by atomic mass is 79.9. The van der Waals surface area contributed by atoms with Gasteiger partial charge in [0.05, 0.1) is 28.4 Å². The van der Waals surface area contributed by atoms with Crippen molar-refractivity contribution in [2.24, 2.45) is 0 Å². The van der Waals surface area contributed by atoms with Gasteiger partial charge < -0.3 is 0 Å². The number of benzene rings is 1. The molecule has 0 amide bonds. The molecule has 0 N–H and O–H groups in total. The van der Waals surface area contributed by atoms with Gasteiger partial charge in [-0.3, -0.25) is 9.38 Å². The molecule has 0 unspecified atom stereocenters. The zero-order valence-corrected chi connectivity index (χ0v) is 12.9. The van der Waals surface area contributed by atoms with Gasteiger partial charge in [-0.05, 0) is 46.3 Å². The van der Waals surface area contributed by atoms with Crippen LogP contribution in [0.1, 0.15) is 5.56 Å². The smallest absolute Gasteiger partial charge is 0.138 e. The second kappa shape index (κ2) is 4.93. The van der Waals surface area contributed by atoms with Gasteiger partial charge in [0, 0.05) is 22.4 Å². The maximum Gasteiger partial charge on any atom is 0.138 e. The molecule has 22 heavy (non-hydrogen) atoms. The van der Waals surface area contributed by atoms with E-state index in [1.165, 1.54) is 0 Å². The third-order valence-electron chi connectivity index (χ3n) is 3.56. The summed E-state index contributed by atoms with van der Waals surface area (Å²) >= 11 is 3.50. The average molecular weight is 349 g/mol. The molecule has 0 aliphatic heterocycles. The van der Waals surface area contributed by atoms with Crippen LogP contribution in [-0.2, 0) is 0 Å². The predicted octanol–water partition coefficient (Wildman–Crippen LogP) is 4.18. The van der Waals surface area contributed by atoms with Gasteiger partial charge in [0.1, 0.15) is 5.65 Å². The lowest BCUT2D eigenvalue weighted by molar-refractivity contribution is 1.20. The van der Waals surface area contributed by atoms with Crippen molar-refractivity contribution in [1.29, 1.82) is 5.26 Å². The molecule has 0 saturated heterocycles. The molecule has 4 rings (SSSR count). The number of halogens is 1. The second-order valence-electron chi connectivity index (χ2n) is 4.90. The van der Waals surface area contributed by atoms with Crippen LogP contribution in [0.3, 0.4) is 0 Å². The van der Waals surface area contributed by atoms with Gasteiger partial charge in [-0.25, -0.2) is 4.98 Å². The van der Waals surface area contributed by atoms with Crippen molar-refractivity contribution in [2.75, 3.05) is 0 Å². The van der Waals surface area contributed by atoms with Crippen molar-refractivity contribution in [3.05, 3.63) is 64.9 Å². The fourth-order valence-electron chi connectivity index (χ4n) is 2.55. The molecule has 0 atom stereocenters. The molecule has 0 bridgehead atoms. The average Bonchev–Trinajstić information content (AvgIpc) is 2.93. The molecule has 4 nitrogen and oxygen atoms in total. The Balaban J connectivity index is 2.06. The SMILES string of the molecule is N#Cc1ccc(-c2nccc3nc4ccc(Br)cn4c23)cc1. The third-order valence-corrected chi connectivity index (χ3v) is 4.03. The summed E-state index contributed by atoms with van der Waals surface area (Å²) in [6.45, 7) is 0. The zero-order chi connectivity index (χ0) is 15.1. The Labute approximate surface area is 134 Å². The molecular weight excluding hydrogens is 340 g/mol. The standard InChI is InChI=1S/C17H9BrN4/c18-13-5-6-15-21-14-7-8-20-16(17(14)22(15)10-13)12-3-1-11(9-19)2-4-12/h1-8,10H. The van der Waals surface area contributed by atoms with E-state index in [0.717, 1.165) is 32.4 Å². The largest absolute Gasteiger partial charge is 0.297 e. The number of imidazole rings is 1. The topological polar surface area (TPSA) is 54.0 Å². The Morgan fingerprint density at radius 1 is 1.05 bits per heavy atom. The number of fused-ring (bicyclic) bond motifs is 3. The van der Waals surface area contributed by atoms with Gasteiger partial charge in [-0.1, -0.05) is 12.1 Å². The summed E-state index contributed by atoms with van der Waals surface area (Å²) in [6, 6.07) is 15.4. The zero-order valence-electron chi connectivity index (χ0n) is 11.4. The highest BCUT2D eigenvalue weighted by molar-refractivity contribution is 9.10. The molecule has 0 aliphatic rings. The summed E-state index contributed by atoms with van der Waals surface area (Å²) < 4.78 is 3.01. The van der Waals surface area contributed by atoms with Crippen LogP contribution in [0.5, 0.6) is 0 Å². The Morgan fingerprint density at radius 3 is 2.64 bits per heavy atom. The van der Waals surface area contributed by atoms with Crippen LogP contribution in [0.15, 0.2) is 59.3 Å². The molecule has 104 valence electrons. The van der Waals surface area contributed by atoms with Crippen LogP contribution in [0.2, 0.25) is 0 Å². The van der Waals surface area contributed by atoms with E-state index in [4.69, 9.17) is 5.26 Å². The van der Waals surface area contributed by atoms with E-state index in [-0.39, 0.29) is 0 Å². The predicted molar refractivity (Wildman–Crippen MR) is 88.3 cm³/mol. The molecular formula is C17H9BrN4. The van der Waals surface area contributed by atoms with E-state index in [1.807, 2.05) is 40.9 Å². The molecule has 0 radical (unpaired) electrons. The number of hydrogen-bond donors (Lipinski definition) is 0. The van der Waals surface area contributed by atoms with Crippen molar-refractivity contribution in [3.8, 4) is 17.3 Å². The van der Waals surface area contributed by atoms with Gasteiger partial charge in [-0.15, -0.1) is 0 Å². The van der Waals surface area contributed by atoms with Gasteiger partial charge >= 0.3 is 0 Å². The van der Waals surface area contributed by atoms with Crippen molar-refractivity contribution < 1.29 is 0 Å². The van der Waals surface area contributed by atoms with Crippen LogP contribution in [0, 0.1) is 11.3 Å². The minimum absolute atomic E-state index is 0.636. The van der Waals surface area contributed by atoms with Gasteiger partial charge in [-0.2, -0.15) is 5.26 Å². The molecule has 0 aliphatic carbocycles. The molecule has 0 spiro atoms. The first-order chi connectivity index (χ1) is 10.8. The van der Waals surface area contributed by atoms with Crippen molar-refractivity contribution in [1.82, 2.24) is 14.4 Å². The lowest BCUT2D eigenvalue weighted by atomic mass is 10.1. The Kier molecular flexibility index (Phi) is 2.91. The summed E-state index contributed by atoms with van der Waals surface area (Å²) in [5.74, 6) is 0. The van der Waals surface area contributed by atoms with E-state index >= 15 is 0 Å². The summed E-state index contributed by atoms with van der Waals surface area (Å²) in [6.07, 6.45) is 3.75. The number of nitrogens with zero attached hydrogens (tertiary/aromatic N) is 4. The minimum atomic E-state index is 0.636. The lowest BCUT2D eigenvalue weighted by Crippen LogP contribution is -1.90. The number of nitriles is 1. The number of pyridine rings is 2. The van der Waals surface area contributed by atoms with Crippen LogP contribution < -0.4 is 0 Å². The normalized spacial score (nSPS) is 10.9. The highest BCUT2D eigenvalue weighted by Crippen LogP contribution is 2.28. The van der Waals surface area contributed by atoms with E-state index in [2.05, 4.69) is 32.0 Å². The first-order valence-corrected chi connectivity index (χ1v) is 7.48. The van der Waals surface area contributed by atoms with E-state index in [0.29, 0.717) is 5.56 Å². The highest BCUT2D eigenvalue weighted by Gasteiger charge is 2.12. The van der Waals surface area contributed by atoms with E-state index < -0.39 is 0 Å². The molecule has 0 fully saturated rings. The monoisotopic (exact) mass is 348 g/mol. The van der Waals surface area contributed by atoms with Crippen molar-refractivity contribution in [2.45, 2.75) is 0 Å². The molecule has 3 aromatic heterocycles. The summed E-state index contributed by atoms with van der Waals surface area (Å²) in [5, 5.41) is 8.92. The van der Waals surface area contributed by atoms with Crippen molar-refractivity contribution >= 4 is 32.6 Å². The maximum atomic E-state index is 8.92. The van der Waals surface area contributed by atoms with Gasteiger partial charge in [0.2, 0.25) is 0 Å². The maximum absolute atomic E-state index is 8.92. The Morgan fingerprint density at radius 2 is 1.86 bits per heavy atom. The lowest BCUT2D eigenvalue weighted by Gasteiger charge is -2.04. The minimum Gasteiger partial charge on any atom is -0.297 e. The van der Waals surface area contributed by atoms with Crippen LogP contribution in [0.25, 0.3) is 27.9 Å². The summed E-state index contributed by atoms with van der Waals surface area (Å²) in [5.41, 5.74) is 5.19. The number of rotatable bonds is 1. The first kappa shape index (κ1) is 13.0. The van der Waals surface area contributed by atoms with Gasteiger partial charge in [0.25, 0.3) is 0 Å². The van der Waals surface area contributed by atoms with Crippen LogP contribution in [-0.4, -0.2) is 14.4 Å². The number of hydrogen-bond acceptors (Lipinski definition) is 3. The molecule has 0 saturated carbocycles. The fraction of sp³-hybridized carbons (Fsp3) is 0. The van der Waals surface area contributed by atoms with Gasteiger partial charge in [0.15, 0.2) is 0 Å². The molecule has 5 heteroatoms. The van der Waals surface area contributed by atoms with Crippen LogP contribution >= 0.6 is 15.9 Å². The third kappa shape index (κ3) is 1.97. The fourth-order valence-corrected chi connectivity index (χ4v) is 2.88. The Hall–Kier alpha value is -2.71. The number of aromatic nitrogens is 3. The molecule has 1 aromatic carbocycles.